The van der Waals surface area contributed by atoms with Gasteiger partial charge in [-0.15, -0.1) is 0 Å². The van der Waals surface area contributed by atoms with E-state index in [9.17, 15) is 14.7 Å². The quantitative estimate of drug-likeness (QED) is 0.521. The number of ether oxygens (including phenoxy) is 1. The second kappa shape index (κ2) is 4.01. The van der Waals surface area contributed by atoms with Crippen LogP contribution in [0.5, 0.6) is 0 Å². The molecule has 0 aromatic carbocycles. The lowest BCUT2D eigenvalue weighted by molar-refractivity contribution is -0.185. The smallest absolute Gasteiger partial charge is 0.334 e. The predicted molar refractivity (Wildman–Crippen MR) is 53.5 cm³/mol. The van der Waals surface area contributed by atoms with E-state index in [4.69, 9.17) is 14.9 Å². The number of rotatable bonds is 3. The predicted octanol–water partition coefficient (Wildman–Crippen LogP) is -1.49. The van der Waals surface area contributed by atoms with E-state index in [0.717, 1.165) is 4.90 Å². The first-order valence-corrected chi connectivity index (χ1v) is 5.19. The molecule has 1 amide bonds. The summed E-state index contributed by atoms with van der Waals surface area (Å²) >= 11 is 0. The highest BCUT2D eigenvalue weighted by Crippen LogP contribution is 2.41. The minimum absolute atomic E-state index is 0.0431. The lowest BCUT2D eigenvalue weighted by Crippen LogP contribution is -2.64. The first-order chi connectivity index (χ1) is 7.99. The highest BCUT2D eigenvalue weighted by Gasteiger charge is 2.61. The van der Waals surface area contributed by atoms with Gasteiger partial charge in [0.15, 0.2) is 12.3 Å². The molecule has 2 saturated heterocycles. The lowest BCUT2D eigenvalue weighted by atomic mass is 9.90. The molecule has 0 aliphatic carbocycles. The second-order valence-electron chi connectivity index (χ2n) is 4.05. The van der Waals surface area contributed by atoms with Gasteiger partial charge in [-0.05, 0) is 13.0 Å². The molecule has 0 aromatic rings. The minimum atomic E-state index is -1.22. The van der Waals surface area contributed by atoms with Crippen molar-refractivity contribution in [2.45, 2.75) is 25.3 Å². The van der Waals surface area contributed by atoms with Crippen molar-refractivity contribution in [3.8, 4) is 0 Å². The van der Waals surface area contributed by atoms with Crippen LogP contribution in [-0.2, 0) is 14.3 Å². The topological polar surface area (TPSA) is 107 Å². The molecule has 2 rings (SSSR count). The van der Waals surface area contributed by atoms with E-state index in [1.165, 1.54) is 13.0 Å². The number of nitrogens with zero attached hydrogens (tertiary/aromatic N) is 1. The summed E-state index contributed by atoms with van der Waals surface area (Å²) in [5.74, 6) is -2.36. The van der Waals surface area contributed by atoms with Gasteiger partial charge in [0, 0.05) is 0 Å². The van der Waals surface area contributed by atoms with Crippen LogP contribution in [-0.4, -0.2) is 57.1 Å². The van der Waals surface area contributed by atoms with Crippen molar-refractivity contribution in [1.82, 2.24) is 4.90 Å². The molecule has 94 valence electrons. The molecule has 7 nitrogen and oxygen atoms in total. The van der Waals surface area contributed by atoms with Gasteiger partial charge in [-0.25, -0.2) is 4.79 Å². The third kappa shape index (κ3) is 1.58. The standard InChI is InChI=1S/C10H13NO6/c1-4(13)6-8(14)11-7(10(15)16)5(2-3-12)17-9(6)11/h2,4,6-7,9,12-13H,3H2,1H3,(H,15,16). The fraction of sp³-hybridized carbons (Fsp3) is 0.600. The van der Waals surface area contributed by atoms with Crippen molar-refractivity contribution in [1.29, 1.82) is 0 Å². The number of hydrogen-bond donors (Lipinski definition) is 3. The largest absolute Gasteiger partial charge is 0.479 e. The third-order valence-electron chi connectivity index (χ3n) is 2.97. The molecule has 4 unspecified atom stereocenters. The Bertz CT molecular complexity index is 390. The van der Waals surface area contributed by atoms with E-state index in [1.807, 2.05) is 0 Å². The molecular weight excluding hydrogens is 230 g/mol. The van der Waals surface area contributed by atoms with Gasteiger partial charge in [0.1, 0.15) is 11.7 Å². The molecule has 4 atom stereocenters. The average molecular weight is 243 g/mol. The summed E-state index contributed by atoms with van der Waals surface area (Å²) in [4.78, 5) is 23.8. The van der Waals surface area contributed by atoms with E-state index in [2.05, 4.69) is 0 Å². The SMILES string of the molecule is CC(O)C1C(=O)N2C(C(=O)O)C(=CCO)OC12. The maximum Gasteiger partial charge on any atom is 0.334 e. The fourth-order valence-corrected chi connectivity index (χ4v) is 2.19. The number of aliphatic carboxylic acids is 1. The zero-order valence-corrected chi connectivity index (χ0v) is 9.11. The molecule has 2 aliphatic rings. The van der Waals surface area contributed by atoms with Crippen molar-refractivity contribution >= 4 is 11.9 Å². The van der Waals surface area contributed by atoms with Gasteiger partial charge in [-0.3, -0.25) is 9.69 Å². The number of carbonyl (C=O) groups excluding carboxylic acids is 1. The van der Waals surface area contributed by atoms with Crippen LogP contribution < -0.4 is 0 Å². The summed E-state index contributed by atoms with van der Waals surface area (Å²) in [5, 5.41) is 27.2. The summed E-state index contributed by atoms with van der Waals surface area (Å²) < 4.78 is 5.28. The Hall–Kier alpha value is -1.60. The summed E-state index contributed by atoms with van der Waals surface area (Å²) in [7, 11) is 0. The van der Waals surface area contributed by atoms with Gasteiger partial charge < -0.3 is 20.1 Å². The Morgan fingerprint density at radius 2 is 2.29 bits per heavy atom. The average Bonchev–Trinajstić information content (AvgIpc) is 2.53. The molecule has 17 heavy (non-hydrogen) atoms. The first kappa shape index (κ1) is 11.9. The number of hydrogen-bond acceptors (Lipinski definition) is 5. The van der Waals surface area contributed by atoms with E-state index in [-0.39, 0.29) is 12.4 Å². The number of β-lactam (4-membered cyclic amide) rings is 1. The molecule has 0 spiro atoms. The van der Waals surface area contributed by atoms with Gasteiger partial charge in [-0.2, -0.15) is 0 Å². The zero-order valence-electron chi connectivity index (χ0n) is 9.11. The van der Waals surface area contributed by atoms with E-state index >= 15 is 0 Å². The van der Waals surface area contributed by atoms with Crippen molar-refractivity contribution in [2.24, 2.45) is 5.92 Å². The number of fused-ring (bicyclic) bond motifs is 1. The monoisotopic (exact) mass is 243 g/mol. The normalized spacial score (nSPS) is 35.2. The Morgan fingerprint density at radius 1 is 1.65 bits per heavy atom. The van der Waals surface area contributed by atoms with Crippen LogP contribution in [0, 0.1) is 5.92 Å². The Kier molecular flexibility index (Phi) is 2.80. The first-order valence-electron chi connectivity index (χ1n) is 5.19. The number of aliphatic hydroxyl groups is 2. The Morgan fingerprint density at radius 3 is 2.76 bits per heavy atom. The number of carboxylic acids is 1. The molecule has 7 heteroatoms. The van der Waals surface area contributed by atoms with E-state index in [0.29, 0.717) is 0 Å². The molecule has 2 fully saturated rings. The van der Waals surface area contributed by atoms with Crippen LogP contribution in [0.15, 0.2) is 11.8 Å². The molecule has 0 aromatic heterocycles. The van der Waals surface area contributed by atoms with E-state index < -0.39 is 36.2 Å². The van der Waals surface area contributed by atoms with Crippen molar-refractivity contribution in [3.63, 3.8) is 0 Å². The maximum atomic E-state index is 11.7. The number of carbonyl (C=O) groups is 2. The zero-order chi connectivity index (χ0) is 12.7. The van der Waals surface area contributed by atoms with Gasteiger partial charge in [0.05, 0.1) is 12.7 Å². The highest BCUT2D eigenvalue weighted by atomic mass is 16.5. The molecule has 0 radical (unpaired) electrons. The third-order valence-corrected chi connectivity index (χ3v) is 2.97. The van der Waals surface area contributed by atoms with Crippen molar-refractivity contribution in [2.75, 3.05) is 6.61 Å². The molecule has 0 bridgehead atoms. The van der Waals surface area contributed by atoms with Crippen LogP contribution in [0.3, 0.4) is 0 Å². The summed E-state index contributed by atoms with van der Waals surface area (Å²) in [6, 6.07) is -1.20. The number of carboxylic acid groups (broad SMARTS) is 1. The minimum Gasteiger partial charge on any atom is -0.479 e. The molecule has 2 heterocycles. The van der Waals surface area contributed by atoms with E-state index in [1.54, 1.807) is 0 Å². The van der Waals surface area contributed by atoms with Crippen LogP contribution in [0.4, 0.5) is 0 Å². The van der Waals surface area contributed by atoms with Crippen LogP contribution in [0.25, 0.3) is 0 Å². The number of amides is 1. The summed E-state index contributed by atoms with van der Waals surface area (Å²) in [6.07, 6.45) is -0.434. The molecular formula is C10H13NO6. The summed E-state index contributed by atoms with van der Waals surface area (Å²) in [5.41, 5.74) is 0. The van der Waals surface area contributed by atoms with Gasteiger partial charge in [-0.1, -0.05) is 0 Å². The van der Waals surface area contributed by atoms with Crippen LogP contribution in [0.2, 0.25) is 0 Å². The van der Waals surface area contributed by atoms with Gasteiger partial charge in [0.25, 0.3) is 0 Å². The van der Waals surface area contributed by atoms with Gasteiger partial charge in [0.2, 0.25) is 5.91 Å². The molecule has 3 N–H and O–H groups in total. The second-order valence-corrected chi connectivity index (χ2v) is 4.05. The molecule has 0 saturated carbocycles. The fourth-order valence-electron chi connectivity index (χ4n) is 2.19. The van der Waals surface area contributed by atoms with Crippen molar-refractivity contribution < 1.29 is 29.6 Å². The highest BCUT2D eigenvalue weighted by molar-refractivity contribution is 5.93. The van der Waals surface area contributed by atoms with Gasteiger partial charge >= 0.3 is 5.97 Å². The van der Waals surface area contributed by atoms with Crippen molar-refractivity contribution in [3.05, 3.63) is 11.8 Å². The number of aliphatic hydroxyl groups excluding tert-OH is 2. The Labute approximate surface area is 96.9 Å². The maximum absolute atomic E-state index is 11.7. The molecule has 2 aliphatic heterocycles. The van der Waals surface area contributed by atoms with Crippen LogP contribution >= 0.6 is 0 Å². The lowest BCUT2D eigenvalue weighted by Gasteiger charge is -2.42. The van der Waals surface area contributed by atoms with Crippen LogP contribution in [0.1, 0.15) is 6.92 Å². The summed E-state index contributed by atoms with van der Waals surface area (Å²) in [6.45, 7) is 1.08. The Balaban J connectivity index is 2.27.